The first kappa shape index (κ1) is 35.3. The summed E-state index contributed by atoms with van der Waals surface area (Å²) in [6.45, 7) is 1.76. The number of imidazole rings is 1. The number of rotatable bonds is 10. The van der Waals surface area contributed by atoms with E-state index in [0.717, 1.165) is 27.4 Å². The Balaban J connectivity index is 1.22. The van der Waals surface area contributed by atoms with Gasteiger partial charge in [0.1, 0.15) is 5.56 Å². The maximum Gasteiger partial charge on any atom is 0.257 e. The van der Waals surface area contributed by atoms with E-state index in [2.05, 4.69) is 17.2 Å². The van der Waals surface area contributed by atoms with Gasteiger partial charge in [0.25, 0.3) is 5.91 Å². The summed E-state index contributed by atoms with van der Waals surface area (Å²) in [6.07, 6.45) is 2.39. The minimum Gasteiger partial charge on any atom is -0.392 e. The van der Waals surface area contributed by atoms with E-state index in [4.69, 9.17) is 9.47 Å². The van der Waals surface area contributed by atoms with E-state index in [0.29, 0.717) is 16.9 Å². The van der Waals surface area contributed by atoms with E-state index in [1.165, 1.54) is 0 Å². The molecule has 1 aromatic heterocycles. The number of hydrogen-bond donors (Lipinski definition) is 2. The summed E-state index contributed by atoms with van der Waals surface area (Å²) in [5.41, 5.74) is 2.88. The summed E-state index contributed by atoms with van der Waals surface area (Å²) in [4.78, 5) is 17.0. The van der Waals surface area contributed by atoms with Gasteiger partial charge >= 0.3 is 0 Å². The van der Waals surface area contributed by atoms with Gasteiger partial charge in [-0.2, -0.15) is 0 Å². The fourth-order valence-corrected chi connectivity index (χ4v) is 6.90. The highest BCUT2D eigenvalue weighted by atomic mass is 32.2. The highest BCUT2D eigenvalue weighted by Crippen LogP contribution is 2.43. The topological polar surface area (TPSA) is 85.6 Å². The Morgan fingerprint density at radius 1 is 0.880 bits per heavy atom. The Kier molecular flexibility index (Phi) is 10.7. The molecule has 0 radical (unpaired) electrons. The number of nitrogens with one attached hydrogen (secondary N) is 1. The number of aliphatic hydroxyl groups is 1. The van der Waals surface area contributed by atoms with Crippen molar-refractivity contribution in [3.05, 3.63) is 142 Å². The molecular formula is C37H32F5N3O4S. The van der Waals surface area contributed by atoms with E-state index < -0.39 is 46.8 Å². The Morgan fingerprint density at radius 3 is 2.16 bits per heavy atom. The summed E-state index contributed by atoms with van der Waals surface area (Å²) in [5.74, 6) is -12.0. The predicted octanol–water partition coefficient (Wildman–Crippen LogP) is 7.79. The van der Waals surface area contributed by atoms with E-state index >= 15 is 0 Å². The van der Waals surface area contributed by atoms with Crippen LogP contribution >= 0.6 is 11.8 Å². The van der Waals surface area contributed by atoms with Crippen molar-refractivity contribution in [2.24, 2.45) is 13.0 Å². The Hall–Kier alpha value is -4.56. The number of ether oxygens (including phenoxy) is 2. The third-order valence-corrected chi connectivity index (χ3v) is 9.81. The van der Waals surface area contributed by atoms with E-state index in [1.807, 2.05) is 66.3 Å². The first-order valence-corrected chi connectivity index (χ1v) is 16.6. The third-order valence-electron chi connectivity index (χ3n) is 8.66. The van der Waals surface area contributed by atoms with E-state index in [-0.39, 0.29) is 31.3 Å². The van der Waals surface area contributed by atoms with Gasteiger partial charge in [0.05, 0.1) is 18.8 Å². The molecule has 0 spiro atoms. The zero-order valence-electron chi connectivity index (χ0n) is 26.9. The van der Waals surface area contributed by atoms with Gasteiger partial charge in [-0.15, -0.1) is 0 Å². The number of aryl methyl sites for hydroxylation is 1. The number of carbonyl (C=O) groups is 1. The fourth-order valence-electron chi connectivity index (χ4n) is 5.80. The van der Waals surface area contributed by atoms with Crippen LogP contribution in [0.5, 0.6) is 0 Å². The van der Waals surface area contributed by atoms with Crippen molar-refractivity contribution in [3.63, 3.8) is 0 Å². The molecule has 1 saturated heterocycles. The van der Waals surface area contributed by atoms with Gasteiger partial charge in [0.15, 0.2) is 34.7 Å². The lowest BCUT2D eigenvalue weighted by molar-refractivity contribution is -0.268. The van der Waals surface area contributed by atoms with Gasteiger partial charge < -0.3 is 24.5 Å². The van der Waals surface area contributed by atoms with Crippen LogP contribution in [0.1, 0.15) is 51.9 Å². The van der Waals surface area contributed by atoms with Gasteiger partial charge in [-0.1, -0.05) is 91.5 Å². The fraction of sp³-hybridized carbons (Fsp3) is 0.243. The molecule has 0 saturated carbocycles. The van der Waals surface area contributed by atoms with Gasteiger partial charge in [0, 0.05) is 43.2 Å². The molecule has 4 atom stereocenters. The zero-order chi connectivity index (χ0) is 35.5. The maximum absolute atomic E-state index is 14.2. The van der Waals surface area contributed by atoms with Crippen molar-refractivity contribution in [2.75, 3.05) is 5.75 Å². The number of thioether (sulfide) groups is 1. The third kappa shape index (κ3) is 7.17. The molecular weight excluding hydrogens is 677 g/mol. The van der Waals surface area contributed by atoms with Crippen LogP contribution in [0.25, 0.3) is 11.1 Å². The van der Waals surface area contributed by atoms with Crippen LogP contribution in [0.2, 0.25) is 0 Å². The molecule has 6 rings (SSSR count). The minimum atomic E-state index is -2.34. The van der Waals surface area contributed by atoms with E-state index in [1.54, 1.807) is 42.2 Å². The molecule has 1 fully saturated rings. The summed E-state index contributed by atoms with van der Waals surface area (Å²) >= 11 is 1.59. The van der Waals surface area contributed by atoms with E-state index in [9.17, 15) is 31.9 Å². The SMILES string of the molecule is C[C@@H]1[C@H](CSc2nccn2C)O[C@H](c2ccc(-c3ccccc3CNC(=O)c3c(F)c(F)c(F)c(F)c3F)cc2)O[C@@H]1c1ccc(CO)cc1. The lowest BCUT2D eigenvalue weighted by atomic mass is 9.91. The van der Waals surface area contributed by atoms with Crippen LogP contribution in [0.15, 0.2) is 90.3 Å². The van der Waals surface area contributed by atoms with Crippen molar-refractivity contribution in [1.29, 1.82) is 0 Å². The molecule has 2 N–H and O–H groups in total. The molecule has 0 bridgehead atoms. The van der Waals surface area contributed by atoms with Gasteiger partial charge in [0.2, 0.25) is 5.82 Å². The molecule has 2 heterocycles. The zero-order valence-corrected chi connectivity index (χ0v) is 27.7. The van der Waals surface area contributed by atoms with Crippen molar-refractivity contribution in [3.8, 4) is 11.1 Å². The van der Waals surface area contributed by atoms with Crippen molar-refractivity contribution < 1.29 is 41.3 Å². The normalized spacial score (nSPS) is 19.0. The highest BCUT2D eigenvalue weighted by Gasteiger charge is 2.38. The molecule has 260 valence electrons. The largest absolute Gasteiger partial charge is 0.392 e. The van der Waals surface area contributed by atoms with Crippen LogP contribution < -0.4 is 5.32 Å². The lowest BCUT2D eigenvalue weighted by Crippen LogP contribution is -2.38. The second kappa shape index (κ2) is 15.1. The van der Waals surface area contributed by atoms with Gasteiger partial charge in [-0.25, -0.2) is 26.9 Å². The average Bonchev–Trinajstić information content (AvgIpc) is 3.56. The number of aromatic nitrogens is 2. The van der Waals surface area contributed by atoms with Gasteiger partial charge in [-0.3, -0.25) is 4.79 Å². The number of halogens is 5. The number of hydrogen-bond acceptors (Lipinski definition) is 6. The number of amides is 1. The summed E-state index contributed by atoms with van der Waals surface area (Å²) in [6, 6.07) is 21.9. The first-order valence-electron chi connectivity index (χ1n) is 15.7. The van der Waals surface area contributed by atoms with Crippen molar-refractivity contribution in [1.82, 2.24) is 14.9 Å². The second-order valence-electron chi connectivity index (χ2n) is 11.9. The van der Waals surface area contributed by atoms with Crippen LogP contribution in [-0.4, -0.2) is 32.4 Å². The van der Waals surface area contributed by atoms with Crippen LogP contribution in [-0.2, 0) is 29.7 Å². The molecule has 5 aromatic rings. The molecule has 50 heavy (non-hydrogen) atoms. The molecule has 0 unspecified atom stereocenters. The highest BCUT2D eigenvalue weighted by molar-refractivity contribution is 7.99. The smallest absolute Gasteiger partial charge is 0.257 e. The Bertz CT molecular complexity index is 1960. The Labute approximate surface area is 289 Å². The predicted molar refractivity (Wildman–Crippen MR) is 176 cm³/mol. The quantitative estimate of drug-likeness (QED) is 0.0667. The first-order chi connectivity index (χ1) is 24.1. The van der Waals surface area contributed by atoms with Crippen LogP contribution in [0.3, 0.4) is 0 Å². The van der Waals surface area contributed by atoms with Gasteiger partial charge in [-0.05, 0) is 27.8 Å². The molecule has 1 aliphatic rings. The molecule has 1 amide bonds. The average molecular weight is 710 g/mol. The molecule has 7 nitrogen and oxygen atoms in total. The Morgan fingerprint density at radius 2 is 1.52 bits per heavy atom. The maximum atomic E-state index is 14.2. The van der Waals surface area contributed by atoms with Crippen LogP contribution in [0.4, 0.5) is 22.0 Å². The number of nitrogens with zero attached hydrogens (tertiary/aromatic N) is 2. The molecule has 0 aliphatic carbocycles. The lowest BCUT2D eigenvalue weighted by Gasteiger charge is -2.41. The summed E-state index contributed by atoms with van der Waals surface area (Å²) < 4.78 is 84.3. The van der Waals surface area contributed by atoms with Crippen LogP contribution in [0, 0.1) is 35.0 Å². The number of aliphatic hydroxyl groups excluding tert-OH is 1. The number of benzene rings is 4. The summed E-state index contributed by atoms with van der Waals surface area (Å²) in [5, 5.41) is 12.7. The summed E-state index contributed by atoms with van der Waals surface area (Å²) in [7, 11) is 1.93. The molecule has 4 aromatic carbocycles. The number of carbonyl (C=O) groups excluding carboxylic acids is 1. The van der Waals surface area contributed by atoms with Crippen molar-refractivity contribution in [2.45, 2.75) is 43.7 Å². The second-order valence-corrected chi connectivity index (χ2v) is 12.8. The minimum absolute atomic E-state index is 0.0230. The van der Waals surface area contributed by atoms with Crippen molar-refractivity contribution >= 4 is 17.7 Å². The molecule has 1 aliphatic heterocycles. The molecule has 13 heteroatoms. The monoisotopic (exact) mass is 709 g/mol. The standard InChI is InChI=1S/C37H32F5N3O4S/c1-20-27(19-50-37-43-15-16-45(37)2)48-36(49-34(20)23-9-7-21(18-46)8-10-23)24-13-11-22(12-14-24)26-6-4-3-5-25(26)17-44-35(47)28-29(38)31(40)33(42)32(41)30(28)39/h3-16,20,27,34,36,46H,17-19H2,1-2H3,(H,44,47)/t20-,27+,34+,36+/m1/s1.